The summed E-state index contributed by atoms with van der Waals surface area (Å²) >= 11 is 0. The third-order valence-corrected chi connectivity index (χ3v) is 2.92. The molecule has 1 aromatic carbocycles. The fraction of sp³-hybridized carbons (Fsp3) is 0.462. The van der Waals surface area contributed by atoms with Crippen LogP contribution in [0.15, 0.2) is 29.3 Å². The lowest BCUT2D eigenvalue weighted by molar-refractivity contribution is 0.540. The zero-order valence-electron chi connectivity index (χ0n) is 10.2. The number of benzene rings is 1. The van der Waals surface area contributed by atoms with E-state index >= 15 is 0 Å². The number of likely N-dealkylation sites (N-methyl/N-ethyl adjacent to an activating group) is 1. The summed E-state index contributed by atoms with van der Waals surface area (Å²) in [6.07, 6.45) is 0. The average Bonchev–Trinajstić information content (AvgIpc) is 2.63. The summed E-state index contributed by atoms with van der Waals surface area (Å²) in [4.78, 5) is 6.73. The lowest BCUT2D eigenvalue weighted by Gasteiger charge is -2.25. The fourth-order valence-corrected chi connectivity index (χ4v) is 2.06. The molecule has 0 saturated carbocycles. The molecular weight excluding hydrogens is 198 g/mol. The first-order chi connectivity index (χ1) is 7.50. The van der Waals surface area contributed by atoms with E-state index < -0.39 is 0 Å². The molecule has 0 spiro atoms. The van der Waals surface area contributed by atoms with Gasteiger partial charge in [-0.25, -0.2) is 0 Å². The number of nitrogens with zero attached hydrogens (tertiary/aromatic N) is 2. The van der Waals surface area contributed by atoms with E-state index in [4.69, 9.17) is 5.73 Å². The molecule has 1 heterocycles. The molecule has 0 bridgehead atoms. The number of rotatable bonds is 2. The summed E-state index contributed by atoms with van der Waals surface area (Å²) in [7, 11) is 2.08. The molecular formula is C13H19N3. The predicted molar refractivity (Wildman–Crippen MR) is 67.7 cm³/mol. The first-order valence-electron chi connectivity index (χ1n) is 5.64. The Morgan fingerprint density at radius 3 is 2.56 bits per heavy atom. The van der Waals surface area contributed by atoms with Gasteiger partial charge in [0, 0.05) is 24.7 Å². The zero-order chi connectivity index (χ0) is 11.8. The van der Waals surface area contributed by atoms with Crippen LogP contribution < -0.4 is 5.73 Å². The molecule has 0 amide bonds. The average molecular weight is 217 g/mol. The van der Waals surface area contributed by atoms with Crippen LogP contribution in [0.3, 0.4) is 0 Å². The second-order valence-corrected chi connectivity index (χ2v) is 4.89. The van der Waals surface area contributed by atoms with Gasteiger partial charge in [-0.1, -0.05) is 24.3 Å². The van der Waals surface area contributed by atoms with Crippen LogP contribution in [0.25, 0.3) is 0 Å². The highest BCUT2D eigenvalue weighted by Gasteiger charge is 2.23. The van der Waals surface area contributed by atoms with Gasteiger partial charge < -0.3 is 10.6 Å². The van der Waals surface area contributed by atoms with Crippen LogP contribution in [0.1, 0.15) is 25.0 Å². The van der Waals surface area contributed by atoms with Crippen molar-refractivity contribution in [2.24, 2.45) is 10.7 Å². The van der Waals surface area contributed by atoms with Gasteiger partial charge in [0.25, 0.3) is 0 Å². The van der Waals surface area contributed by atoms with E-state index in [1.54, 1.807) is 0 Å². The number of hydrogen-bond donors (Lipinski definition) is 1. The van der Waals surface area contributed by atoms with Crippen molar-refractivity contribution in [1.29, 1.82) is 0 Å². The molecule has 0 atom stereocenters. The fourth-order valence-electron chi connectivity index (χ4n) is 2.06. The monoisotopic (exact) mass is 217 g/mol. The van der Waals surface area contributed by atoms with Gasteiger partial charge in [-0.3, -0.25) is 4.99 Å². The van der Waals surface area contributed by atoms with Gasteiger partial charge in [0.2, 0.25) is 0 Å². The Balaban J connectivity index is 2.49. The SMILES string of the molecule is CN1CCN=C1c1ccccc1C(C)(C)N. The molecule has 1 aliphatic heterocycles. The van der Waals surface area contributed by atoms with Crippen LogP contribution in [0.2, 0.25) is 0 Å². The maximum absolute atomic E-state index is 6.20. The van der Waals surface area contributed by atoms with Crippen molar-refractivity contribution in [2.45, 2.75) is 19.4 Å². The van der Waals surface area contributed by atoms with E-state index in [0.717, 1.165) is 30.1 Å². The molecule has 0 fully saturated rings. The van der Waals surface area contributed by atoms with Gasteiger partial charge in [-0.2, -0.15) is 0 Å². The van der Waals surface area contributed by atoms with Gasteiger partial charge in [0.1, 0.15) is 5.84 Å². The van der Waals surface area contributed by atoms with E-state index in [1.807, 2.05) is 26.0 Å². The molecule has 3 heteroatoms. The van der Waals surface area contributed by atoms with Crippen LogP contribution >= 0.6 is 0 Å². The van der Waals surface area contributed by atoms with E-state index in [1.165, 1.54) is 0 Å². The van der Waals surface area contributed by atoms with Crippen LogP contribution in [0.4, 0.5) is 0 Å². The highest BCUT2D eigenvalue weighted by atomic mass is 15.2. The van der Waals surface area contributed by atoms with Crippen molar-refractivity contribution >= 4 is 5.84 Å². The van der Waals surface area contributed by atoms with Gasteiger partial charge >= 0.3 is 0 Å². The summed E-state index contributed by atoms with van der Waals surface area (Å²) in [6.45, 7) is 5.93. The molecule has 0 radical (unpaired) electrons. The summed E-state index contributed by atoms with van der Waals surface area (Å²) in [5, 5.41) is 0. The molecule has 86 valence electrons. The predicted octanol–water partition coefficient (Wildman–Crippen LogP) is 1.57. The minimum atomic E-state index is -0.331. The third kappa shape index (κ3) is 1.95. The molecule has 2 N–H and O–H groups in total. The van der Waals surface area contributed by atoms with Gasteiger partial charge in [0.15, 0.2) is 0 Å². The van der Waals surface area contributed by atoms with Crippen molar-refractivity contribution < 1.29 is 0 Å². The smallest absolute Gasteiger partial charge is 0.131 e. The second kappa shape index (κ2) is 3.91. The van der Waals surface area contributed by atoms with Crippen molar-refractivity contribution in [3.63, 3.8) is 0 Å². The van der Waals surface area contributed by atoms with E-state index in [2.05, 4.69) is 29.1 Å². The highest BCUT2D eigenvalue weighted by Crippen LogP contribution is 2.23. The Bertz CT molecular complexity index is 415. The van der Waals surface area contributed by atoms with Crippen molar-refractivity contribution in [1.82, 2.24) is 4.90 Å². The van der Waals surface area contributed by atoms with E-state index in [0.29, 0.717) is 0 Å². The maximum atomic E-state index is 6.20. The first kappa shape index (κ1) is 11.1. The normalized spacial score (nSPS) is 16.5. The van der Waals surface area contributed by atoms with Crippen LogP contribution in [-0.2, 0) is 5.54 Å². The molecule has 0 unspecified atom stereocenters. The number of amidine groups is 1. The van der Waals surface area contributed by atoms with Crippen LogP contribution in [-0.4, -0.2) is 30.9 Å². The molecule has 16 heavy (non-hydrogen) atoms. The zero-order valence-corrected chi connectivity index (χ0v) is 10.2. The van der Waals surface area contributed by atoms with E-state index in [9.17, 15) is 0 Å². The van der Waals surface area contributed by atoms with Gasteiger partial charge in [0.05, 0.1) is 6.54 Å². The Kier molecular flexibility index (Phi) is 2.72. The molecule has 1 aliphatic rings. The quantitative estimate of drug-likeness (QED) is 0.817. The summed E-state index contributed by atoms with van der Waals surface area (Å²) in [6, 6.07) is 8.26. The first-order valence-corrected chi connectivity index (χ1v) is 5.64. The summed E-state index contributed by atoms with van der Waals surface area (Å²) in [5.41, 5.74) is 8.18. The van der Waals surface area contributed by atoms with Gasteiger partial charge in [-0.15, -0.1) is 0 Å². The van der Waals surface area contributed by atoms with Gasteiger partial charge in [-0.05, 0) is 19.4 Å². The van der Waals surface area contributed by atoms with Crippen molar-refractivity contribution in [3.05, 3.63) is 35.4 Å². The van der Waals surface area contributed by atoms with E-state index in [-0.39, 0.29) is 5.54 Å². The second-order valence-electron chi connectivity index (χ2n) is 4.89. The Labute approximate surface area is 97.0 Å². The molecule has 1 aromatic rings. The number of aliphatic imine (C=N–C) groups is 1. The maximum Gasteiger partial charge on any atom is 0.131 e. The largest absolute Gasteiger partial charge is 0.358 e. The third-order valence-electron chi connectivity index (χ3n) is 2.92. The lowest BCUT2D eigenvalue weighted by atomic mass is 9.90. The number of hydrogen-bond acceptors (Lipinski definition) is 3. The standard InChI is InChI=1S/C13H19N3/c1-13(2,14)11-7-5-4-6-10(11)12-15-8-9-16(12)3/h4-7H,8-9,14H2,1-3H3. The Morgan fingerprint density at radius 1 is 1.31 bits per heavy atom. The molecule has 0 saturated heterocycles. The van der Waals surface area contributed by atoms with Crippen LogP contribution in [0, 0.1) is 0 Å². The molecule has 2 rings (SSSR count). The minimum absolute atomic E-state index is 0.331. The molecule has 0 aromatic heterocycles. The Morgan fingerprint density at radius 2 is 2.00 bits per heavy atom. The summed E-state index contributed by atoms with van der Waals surface area (Å²) in [5.74, 6) is 1.06. The number of nitrogens with two attached hydrogens (primary N) is 1. The Hall–Kier alpha value is -1.35. The van der Waals surface area contributed by atoms with Crippen molar-refractivity contribution in [2.75, 3.05) is 20.1 Å². The van der Waals surface area contributed by atoms with Crippen LogP contribution in [0.5, 0.6) is 0 Å². The lowest BCUT2D eigenvalue weighted by Crippen LogP contribution is -2.33. The highest BCUT2D eigenvalue weighted by molar-refractivity contribution is 6.01. The summed E-state index contributed by atoms with van der Waals surface area (Å²) < 4.78 is 0. The molecule has 0 aliphatic carbocycles. The van der Waals surface area contributed by atoms with Crippen molar-refractivity contribution in [3.8, 4) is 0 Å². The minimum Gasteiger partial charge on any atom is -0.358 e. The topological polar surface area (TPSA) is 41.6 Å². The molecule has 3 nitrogen and oxygen atoms in total.